The smallest absolute Gasteiger partial charge is 0.283 e. The van der Waals surface area contributed by atoms with Crippen molar-refractivity contribution in [2.45, 2.75) is 44.0 Å². The molecule has 21 heavy (non-hydrogen) atoms. The maximum atomic E-state index is 12.0. The average Bonchev–Trinajstić information content (AvgIpc) is 2.51. The summed E-state index contributed by atoms with van der Waals surface area (Å²) in [7, 11) is -5.58. The maximum Gasteiger partial charge on any atom is 0.523 e. The second-order valence-corrected chi connectivity index (χ2v) is 6.18. The Morgan fingerprint density at radius 3 is 2.05 bits per heavy atom. The molecule has 0 aliphatic carbocycles. The molecule has 2 amide bonds. The van der Waals surface area contributed by atoms with Gasteiger partial charge in [-0.1, -0.05) is 0 Å². The Hall–Kier alpha value is -1.16. The number of nitrogens with zero attached hydrogens (tertiary/aromatic N) is 1. The van der Waals surface area contributed by atoms with Crippen molar-refractivity contribution < 1.29 is 35.4 Å². The Kier molecular flexibility index (Phi) is 6.14. The van der Waals surface area contributed by atoms with Gasteiger partial charge in [-0.15, -0.1) is 0 Å². The van der Waals surface area contributed by atoms with Crippen LogP contribution in [-0.4, -0.2) is 43.8 Å². The minimum Gasteiger partial charge on any atom is -0.283 e. The van der Waals surface area contributed by atoms with Crippen molar-refractivity contribution in [2.24, 2.45) is 0 Å². The van der Waals surface area contributed by atoms with Crippen LogP contribution in [-0.2, 0) is 23.9 Å². The third kappa shape index (κ3) is 5.27. The van der Waals surface area contributed by atoms with E-state index in [9.17, 15) is 31.2 Å². The van der Waals surface area contributed by atoms with Crippen LogP contribution in [0.3, 0.4) is 0 Å². The zero-order chi connectivity index (χ0) is 16.1. The predicted molar refractivity (Wildman–Crippen MR) is 65.3 cm³/mol. The molecule has 0 radical (unpaired) electrons. The summed E-state index contributed by atoms with van der Waals surface area (Å²) in [5, 5.41) is 0. The van der Waals surface area contributed by atoms with Crippen molar-refractivity contribution in [2.75, 3.05) is 13.2 Å². The Morgan fingerprint density at radius 2 is 1.57 bits per heavy atom. The zero-order valence-corrected chi connectivity index (χ0v) is 12.0. The second-order valence-electron chi connectivity index (χ2n) is 4.58. The highest BCUT2D eigenvalue weighted by Gasteiger charge is 2.47. The van der Waals surface area contributed by atoms with Crippen LogP contribution in [0.25, 0.3) is 0 Å². The van der Waals surface area contributed by atoms with Crippen LogP contribution < -0.4 is 0 Å². The summed E-state index contributed by atoms with van der Waals surface area (Å²) >= 11 is 0. The lowest BCUT2D eigenvalue weighted by Gasteiger charge is -2.18. The van der Waals surface area contributed by atoms with Crippen LogP contribution in [0.5, 0.6) is 0 Å². The Bertz CT molecular complexity index is 471. The summed E-state index contributed by atoms with van der Waals surface area (Å²) in [6.07, 6.45) is 1.98. The van der Waals surface area contributed by atoms with Gasteiger partial charge in [-0.05, 0) is 25.7 Å². The van der Waals surface area contributed by atoms with Crippen molar-refractivity contribution in [3.63, 3.8) is 0 Å². The van der Waals surface area contributed by atoms with Gasteiger partial charge in [0.05, 0.1) is 6.61 Å². The number of alkyl halides is 3. The number of rotatable bonds is 6. The molecule has 1 rings (SSSR count). The first-order valence-corrected chi connectivity index (χ1v) is 7.85. The molecular formula is C11H16F3NO5S. The highest BCUT2D eigenvalue weighted by atomic mass is 32.2. The topological polar surface area (TPSA) is 80.8 Å². The van der Waals surface area contributed by atoms with Gasteiger partial charge in [0.1, 0.15) is 0 Å². The third-order valence-electron chi connectivity index (χ3n) is 2.93. The van der Waals surface area contributed by atoms with Gasteiger partial charge < -0.3 is 0 Å². The van der Waals surface area contributed by atoms with Crippen molar-refractivity contribution in [1.82, 2.24) is 4.90 Å². The van der Waals surface area contributed by atoms with E-state index in [1.54, 1.807) is 0 Å². The van der Waals surface area contributed by atoms with Crippen molar-refractivity contribution in [1.29, 1.82) is 0 Å². The summed E-state index contributed by atoms with van der Waals surface area (Å²) < 4.78 is 60.9. The molecule has 0 unspecified atom stereocenters. The average molecular weight is 331 g/mol. The Balaban J connectivity index is 2.34. The SMILES string of the molecule is O=C1CCCCC(=O)N1CCCCOS(=O)(=O)C(F)(F)F. The number of hydrogen-bond donors (Lipinski definition) is 0. The molecule has 0 N–H and O–H groups in total. The van der Waals surface area contributed by atoms with Crippen molar-refractivity contribution >= 4 is 21.9 Å². The Morgan fingerprint density at radius 1 is 1.05 bits per heavy atom. The van der Waals surface area contributed by atoms with Crippen molar-refractivity contribution in [3.05, 3.63) is 0 Å². The highest BCUT2D eigenvalue weighted by Crippen LogP contribution is 2.24. The lowest BCUT2D eigenvalue weighted by Crippen LogP contribution is -2.36. The molecule has 10 heteroatoms. The van der Waals surface area contributed by atoms with Gasteiger partial charge in [-0.25, -0.2) is 0 Å². The lowest BCUT2D eigenvalue weighted by molar-refractivity contribution is -0.143. The van der Waals surface area contributed by atoms with Crippen LogP contribution in [0.1, 0.15) is 38.5 Å². The lowest BCUT2D eigenvalue weighted by atomic mass is 10.2. The number of amides is 2. The van der Waals surface area contributed by atoms with Crippen molar-refractivity contribution in [3.8, 4) is 0 Å². The van der Waals surface area contributed by atoms with E-state index in [-0.39, 0.29) is 44.0 Å². The molecule has 1 fully saturated rings. The molecule has 1 aliphatic heterocycles. The van der Waals surface area contributed by atoms with Crippen LogP contribution >= 0.6 is 0 Å². The summed E-state index contributed by atoms with van der Waals surface area (Å²) in [6, 6.07) is 0. The van der Waals surface area contributed by atoms with E-state index in [0.29, 0.717) is 12.8 Å². The summed E-state index contributed by atoms with van der Waals surface area (Å²) in [4.78, 5) is 24.3. The first kappa shape index (κ1) is 17.9. The summed E-state index contributed by atoms with van der Waals surface area (Å²) in [6.45, 7) is -0.578. The number of carbonyl (C=O) groups is 2. The minimum absolute atomic E-state index is 0.00757. The van der Waals surface area contributed by atoms with Crippen LogP contribution in [0.2, 0.25) is 0 Å². The fourth-order valence-electron chi connectivity index (χ4n) is 1.82. The number of likely N-dealkylation sites (tertiary alicyclic amines) is 1. The first-order chi connectivity index (χ1) is 9.65. The molecule has 6 nitrogen and oxygen atoms in total. The summed E-state index contributed by atoms with van der Waals surface area (Å²) in [5.74, 6) is -0.609. The van der Waals surface area contributed by atoms with E-state index >= 15 is 0 Å². The molecule has 0 aromatic heterocycles. The normalized spacial score (nSPS) is 18.0. The number of unbranched alkanes of at least 4 members (excludes halogenated alkanes) is 1. The molecule has 1 aliphatic rings. The largest absolute Gasteiger partial charge is 0.523 e. The predicted octanol–water partition coefficient (Wildman–Crippen LogP) is 1.56. The van der Waals surface area contributed by atoms with E-state index in [1.807, 2.05) is 0 Å². The first-order valence-electron chi connectivity index (χ1n) is 6.44. The second kappa shape index (κ2) is 7.21. The van der Waals surface area contributed by atoms with Gasteiger partial charge in [0.2, 0.25) is 11.8 Å². The third-order valence-corrected chi connectivity index (χ3v) is 3.98. The molecule has 0 saturated carbocycles. The monoisotopic (exact) mass is 331 g/mol. The van der Waals surface area contributed by atoms with E-state index in [0.717, 1.165) is 4.90 Å². The van der Waals surface area contributed by atoms with Crippen LogP contribution in [0.4, 0.5) is 13.2 Å². The number of carbonyl (C=O) groups excluding carboxylic acids is 2. The molecule has 1 heterocycles. The van der Waals surface area contributed by atoms with Crippen LogP contribution in [0, 0.1) is 0 Å². The molecule has 1 saturated heterocycles. The minimum atomic E-state index is -5.58. The van der Waals surface area contributed by atoms with Gasteiger partial charge in [0.25, 0.3) is 0 Å². The van der Waals surface area contributed by atoms with Gasteiger partial charge in [0.15, 0.2) is 0 Å². The molecular weight excluding hydrogens is 315 g/mol. The zero-order valence-electron chi connectivity index (χ0n) is 11.2. The Labute approximate surface area is 120 Å². The standard InChI is InChI=1S/C11H16F3NO5S/c12-11(13,14)21(18,19)20-8-4-3-7-15-9(16)5-1-2-6-10(15)17/h1-8H2. The van der Waals surface area contributed by atoms with E-state index < -0.39 is 22.2 Å². The number of imide groups is 1. The molecule has 0 aromatic carbocycles. The highest BCUT2D eigenvalue weighted by molar-refractivity contribution is 7.87. The maximum absolute atomic E-state index is 12.0. The fourth-order valence-corrected chi connectivity index (χ4v) is 2.29. The molecule has 122 valence electrons. The van der Waals surface area contributed by atoms with E-state index in [2.05, 4.69) is 4.18 Å². The van der Waals surface area contributed by atoms with Gasteiger partial charge >= 0.3 is 15.6 Å². The molecule has 0 aromatic rings. The number of hydrogen-bond acceptors (Lipinski definition) is 5. The van der Waals surface area contributed by atoms with Gasteiger partial charge in [0, 0.05) is 19.4 Å². The van der Waals surface area contributed by atoms with Gasteiger partial charge in [-0.2, -0.15) is 21.6 Å². The fraction of sp³-hybridized carbons (Fsp3) is 0.818. The van der Waals surface area contributed by atoms with Crippen LogP contribution in [0.15, 0.2) is 0 Å². The number of halogens is 3. The van der Waals surface area contributed by atoms with E-state index in [4.69, 9.17) is 0 Å². The molecule has 0 spiro atoms. The summed E-state index contributed by atoms with van der Waals surface area (Å²) in [5.41, 5.74) is -5.44. The van der Waals surface area contributed by atoms with Gasteiger partial charge in [-0.3, -0.25) is 18.7 Å². The quantitative estimate of drug-likeness (QED) is 0.319. The molecule has 0 atom stereocenters. The molecule has 0 bridgehead atoms. The van der Waals surface area contributed by atoms with E-state index in [1.165, 1.54) is 0 Å².